The van der Waals surface area contributed by atoms with Crippen molar-refractivity contribution in [3.05, 3.63) is 40.7 Å². The van der Waals surface area contributed by atoms with E-state index < -0.39 is 5.97 Å². The van der Waals surface area contributed by atoms with E-state index in [1.807, 2.05) is 23.0 Å². The average molecular weight is 356 g/mol. The zero-order valence-electron chi connectivity index (χ0n) is 13.3. The number of thiazole rings is 1. The SMILES string of the molecule is O=C(O)c1ccc2nc(/C=C/c3cn(CC4CCOC4)nn3)sc2c1. The molecule has 128 valence electrons. The molecule has 7 nitrogen and oxygen atoms in total. The first-order valence-electron chi connectivity index (χ1n) is 7.97. The van der Waals surface area contributed by atoms with Crippen LogP contribution in [0.3, 0.4) is 0 Å². The second-order valence-corrected chi connectivity index (χ2v) is 7.03. The van der Waals surface area contributed by atoms with E-state index in [2.05, 4.69) is 15.3 Å². The Morgan fingerprint density at radius 3 is 3.16 bits per heavy atom. The van der Waals surface area contributed by atoms with E-state index in [9.17, 15) is 4.79 Å². The van der Waals surface area contributed by atoms with Crippen molar-refractivity contribution >= 4 is 39.7 Å². The molecule has 1 aliphatic rings. The van der Waals surface area contributed by atoms with Crippen LogP contribution >= 0.6 is 11.3 Å². The van der Waals surface area contributed by atoms with Gasteiger partial charge < -0.3 is 9.84 Å². The van der Waals surface area contributed by atoms with Crippen LogP contribution in [0.4, 0.5) is 0 Å². The Morgan fingerprint density at radius 2 is 2.36 bits per heavy atom. The van der Waals surface area contributed by atoms with Gasteiger partial charge in [-0.3, -0.25) is 4.68 Å². The summed E-state index contributed by atoms with van der Waals surface area (Å²) >= 11 is 1.45. The molecular formula is C17H16N4O3S. The Labute approximate surface area is 147 Å². The number of fused-ring (bicyclic) bond motifs is 1. The molecule has 1 atom stereocenters. The van der Waals surface area contributed by atoms with Gasteiger partial charge in [0.2, 0.25) is 0 Å². The molecule has 0 saturated carbocycles. The van der Waals surface area contributed by atoms with Crippen LogP contribution in [0.1, 0.15) is 27.5 Å². The summed E-state index contributed by atoms with van der Waals surface area (Å²) in [5, 5.41) is 18.1. The molecule has 3 aromatic rings. The van der Waals surface area contributed by atoms with Crippen molar-refractivity contribution in [3.8, 4) is 0 Å². The Bertz CT molecular complexity index is 940. The largest absolute Gasteiger partial charge is 0.478 e. The molecule has 0 spiro atoms. The van der Waals surface area contributed by atoms with Gasteiger partial charge in [-0.25, -0.2) is 9.78 Å². The van der Waals surface area contributed by atoms with E-state index in [1.54, 1.807) is 18.2 Å². The molecule has 1 N–H and O–H groups in total. The van der Waals surface area contributed by atoms with Gasteiger partial charge in [-0.2, -0.15) is 0 Å². The summed E-state index contributed by atoms with van der Waals surface area (Å²) in [6.07, 6.45) is 6.71. The van der Waals surface area contributed by atoms with Crippen LogP contribution in [0.15, 0.2) is 24.4 Å². The van der Waals surface area contributed by atoms with E-state index in [0.29, 0.717) is 5.92 Å². The van der Waals surface area contributed by atoms with E-state index in [-0.39, 0.29) is 5.56 Å². The quantitative estimate of drug-likeness (QED) is 0.756. The van der Waals surface area contributed by atoms with Crippen molar-refractivity contribution in [1.82, 2.24) is 20.0 Å². The lowest BCUT2D eigenvalue weighted by Crippen LogP contribution is -2.10. The summed E-state index contributed by atoms with van der Waals surface area (Å²) in [6, 6.07) is 4.94. The number of carboxylic acid groups (broad SMARTS) is 1. The van der Waals surface area contributed by atoms with Gasteiger partial charge in [0.1, 0.15) is 10.7 Å². The first-order valence-corrected chi connectivity index (χ1v) is 8.79. The minimum absolute atomic E-state index is 0.269. The summed E-state index contributed by atoms with van der Waals surface area (Å²) in [6.45, 7) is 2.43. The molecule has 3 heterocycles. The molecule has 0 aliphatic carbocycles. The van der Waals surface area contributed by atoms with Crippen LogP contribution in [-0.4, -0.2) is 44.3 Å². The van der Waals surface area contributed by atoms with Crippen molar-refractivity contribution in [1.29, 1.82) is 0 Å². The fraction of sp³-hybridized carbons (Fsp3) is 0.294. The highest BCUT2D eigenvalue weighted by atomic mass is 32.1. The summed E-state index contributed by atoms with van der Waals surface area (Å²) in [4.78, 5) is 15.5. The van der Waals surface area contributed by atoms with Gasteiger partial charge in [0, 0.05) is 19.1 Å². The fourth-order valence-corrected chi connectivity index (χ4v) is 3.68. The van der Waals surface area contributed by atoms with Gasteiger partial charge in [0.25, 0.3) is 0 Å². The summed E-state index contributed by atoms with van der Waals surface area (Å²) in [5.41, 5.74) is 1.83. The zero-order chi connectivity index (χ0) is 17.2. The number of nitrogens with zero attached hydrogens (tertiary/aromatic N) is 4. The van der Waals surface area contributed by atoms with Gasteiger partial charge in [0.15, 0.2) is 0 Å². The second kappa shape index (κ2) is 6.73. The van der Waals surface area contributed by atoms with Crippen LogP contribution in [0.5, 0.6) is 0 Å². The number of hydrogen-bond acceptors (Lipinski definition) is 6. The minimum Gasteiger partial charge on any atom is -0.478 e. The van der Waals surface area contributed by atoms with Crippen LogP contribution in [-0.2, 0) is 11.3 Å². The zero-order valence-corrected chi connectivity index (χ0v) is 14.1. The smallest absolute Gasteiger partial charge is 0.335 e. The van der Waals surface area contributed by atoms with E-state index in [1.165, 1.54) is 11.3 Å². The summed E-state index contributed by atoms with van der Waals surface area (Å²) in [7, 11) is 0. The van der Waals surface area contributed by atoms with E-state index in [4.69, 9.17) is 9.84 Å². The molecule has 1 aromatic carbocycles. The van der Waals surface area contributed by atoms with Gasteiger partial charge >= 0.3 is 5.97 Å². The van der Waals surface area contributed by atoms with Gasteiger partial charge in [-0.15, -0.1) is 16.4 Å². The molecule has 25 heavy (non-hydrogen) atoms. The van der Waals surface area contributed by atoms with E-state index >= 15 is 0 Å². The van der Waals surface area contributed by atoms with Gasteiger partial charge in [-0.05, 0) is 36.8 Å². The topological polar surface area (TPSA) is 90.1 Å². The number of ether oxygens (including phenoxy) is 1. The lowest BCUT2D eigenvalue weighted by molar-refractivity contribution is 0.0697. The Hall–Kier alpha value is -2.58. The third-order valence-corrected chi connectivity index (χ3v) is 5.06. The highest BCUT2D eigenvalue weighted by molar-refractivity contribution is 7.19. The van der Waals surface area contributed by atoms with Crippen LogP contribution in [0.2, 0.25) is 0 Å². The molecule has 1 saturated heterocycles. The summed E-state index contributed by atoms with van der Waals surface area (Å²) in [5.74, 6) is -0.428. The lowest BCUT2D eigenvalue weighted by atomic mass is 10.1. The van der Waals surface area contributed by atoms with Crippen molar-refractivity contribution in [2.45, 2.75) is 13.0 Å². The normalized spacial score (nSPS) is 17.7. The number of carboxylic acids is 1. The highest BCUT2D eigenvalue weighted by Gasteiger charge is 2.16. The molecule has 1 fully saturated rings. The molecule has 0 bridgehead atoms. The molecule has 2 aromatic heterocycles. The Morgan fingerprint density at radius 1 is 1.44 bits per heavy atom. The lowest BCUT2D eigenvalue weighted by Gasteiger charge is -2.05. The van der Waals surface area contributed by atoms with Crippen molar-refractivity contribution < 1.29 is 14.6 Å². The fourth-order valence-electron chi connectivity index (χ4n) is 2.77. The maximum Gasteiger partial charge on any atom is 0.335 e. The van der Waals surface area contributed by atoms with Gasteiger partial charge in [0.05, 0.1) is 28.6 Å². The molecule has 0 amide bonds. The Kier molecular flexibility index (Phi) is 4.29. The maximum absolute atomic E-state index is 11.0. The third-order valence-electron chi connectivity index (χ3n) is 4.07. The average Bonchev–Trinajstić information content (AvgIpc) is 3.33. The van der Waals surface area contributed by atoms with Crippen molar-refractivity contribution in [3.63, 3.8) is 0 Å². The molecule has 0 radical (unpaired) electrons. The van der Waals surface area contributed by atoms with E-state index in [0.717, 1.165) is 47.1 Å². The number of benzene rings is 1. The number of rotatable bonds is 5. The van der Waals surface area contributed by atoms with Crippen LogP contribution in [0, 0.1) is 5.92 Å². The predicted molar refractivity (Wildman–Crippen MR) is 94.5 cm³/mol. The molecule has 1 aliphatic heterocycles. The van der Waals surface area contributed by atoms with Crippen molar-refractivity contribution in [2.24, 2.45) is 5.92 Å². The van der Waals surface area contributed by atoms with Crippen LogP contribution in [0.25, 0.3) is 22.4 Å². The van der Waals surface area contributed by atoms with Crippen LogP contribution < -0.4 is 0 Å². The summed E-state index contributed by atoms with van der Waals surface area (Å²) < 4.78 is 8.07. The third kappa shape index (κ3) is 3.59. The number of aromatic carboxylic acids is 1. The number of hydrogen-bond donors (Lipinski definition) is 1. The monoisotopic (exact) mass is 356 g/mol. The number of aromatic nitrogens is 4. The molecule has 4 rings (SSSR count). The van der Waals surface area contributed by atoms with Crippen molar-refractivity contribution in [2.75, 3.05) is 13.2 Å². The maximum atomic E-state index is 11.0. The minimum atomic E-state index is -0.934. The molecule has 8 heteroatoms. The predicted octanol–water partition coefficient (Wildman–Crippen LogP) is 2.79. The first kappa shape index (κ1) is 15.9. The second-order valence-electron chi connectivity index (χ2n) is 5.97. The number of carbonyl (C=O) groups is 1. The standard InChI is InChI=1S/C17H16N4O3S/c22-17(23)12-1-3-14-15(7-12)25-16(18-14)4-2-13-9-21(20-19-13)8-11-5-6-24-10-11/h1-4,7,9,11H,5-6,8,10H2,(H,22,23)/b4-2+. The molecular weight excluding hydrogens is 340 g/mol. The van der Waals surface area contributed by atoms with Gasteiger partial charge in [-0.1, -0.05) is 5.21 Å². The molecule has 1 unspecified atom stereocenters. The highest BCUT2D eigenvalue weighted by Crippen LogP contribution is 2.24. The first-order chi connectivity index (χ1) is 12.2. The Balaban J connectivity index is 1.48.